The van der Waals surface area contributed by atoms with E-state index < -0.39 is 6.04 Å². The van der Waals surface area contributed by atoms with E-state index in [0.717, 1.165) is 47.9 Å². The number of esters is 1. The first-order chi connectivity index (χ1) is 18.1. The van der Waals surface area contributed by atoms with E-state index in [2.05, 4.69) is 44.7 Å². The number of benzene rings is 2. The smallest absolute Gasteiger partial charge is 0.330 e. The molecule has 0 spiro atoms. The fraction of sp³-hybridized carbons (Fsp3) is 0.407. The summed E-state index contributed by atoms with van der Waals surface area (Å²) in [4.78, 5) is 32.1. The maximum atomic E-state index is 13.1. The number of thioether (sulfide) groups is 1. The Morgan fingerprint density at radius 1 is 1.11 bits per heavy atom. The van der Waals surface area contributed by atoms with Gasteiger partial charge in [0.1, 0.15) is 6.04 Å². The van der Waals surface area contributed by atoms with Crippen molar-refractivity contribution in [2.24, 2.45) is 10.9 Å². The van der Waals surface area contributed by atoms with Gasteiger partial charge in [-0.2, -0.15) is 4.99 Å². The van der Waals surface area contributed by atoms with Crippen molar-refractivity contribution in [3.8, 4) is 22.5 Å². The van der Waals surface area contributed by atoms with Crippen LogP contribution in [0, 0.1) is 5.92 Å². The number of hydrogen-bond donors (Lipinski definition) is 1. The Balaban J connectivity index is 1.43. The molecule has 2 aromatic carbocycles. The number of tetrazole rings is 1. The number of nitrogens with zero attached hydrogens (tertiary/aromatic N) is 5. The third-order valence-electron chi connectivity index (χ3n) is 6.57. The van der Waals surface area contributed by atoms with Gasteiger partial charge in [0.15, 0.2) is 11.0 Å². The van der Waals surface area contributed by atoms with E-state index in [0.29, 0.717) is 24.1 Å². The molecule has 2 fully saturated rings. The summed E-state index contributed by atoms with van der Waals surface area (Å²) < 4.78 is 5.46. The van der Waals surface area contributed by atoms with Crippen LogP contribution in [0.1, 0.15) is 45.1 Å². The van der Waals surface area contributed by atoms with Gasteiger partial charge in [0.05, 0.1) is 6.61 Å². The van der Waals surface area contributed by atoms with Crippen LogP contribution in [0.2, 0.25) is 0 Å². The normalized spacial score (nSPS) is 20.4. The van der Waals surface area contributed by atoms with Crippen molar-refractivity contribution in [2.45, 2.75) is 57.4 Å². The van der Waals surface area contributed by atoms with E-state index >= 15 is 0 Å². The zero-order valence-corrected chi connectivity index (χ0v) is 21.8. The zero-order valence-electron chi connectivity index (χ0n) is 21.0. The van der Waals surface area contributed by atoms with Crippen molar-refractivity contribution in [1.29, 1.82) is 0 Å². The summed E-state index contributed by atoms with van der Waals surface area (Å²) in [6.45, 7) is 4.69. The Bertz CT molecular complexity index is 1270. The van der Waals surface area contributed by atoms with Crippen LogP contribution in [0.3, 0.4) is 0 Å². The van der Waals surface area contributed by atoms with Gasteiger partial charge in [0.25, 0.3) is 5.91 Å². The standard InChI is InChI=1S/C27H30N6O3S/c1-3-7-22-23(26(35)36-4-2)33(27(37-22)28-25(34)19-14-15-19)16-17-10-12-18(13-11-17)20-8-5-6-9-21(20)24-29-31-32-30-24/h5-6,8-13,19,22-23H,3-4,7,14-16H2,1-2H3,(H,29,30,31,32). The Morgan fingerprint density at radius 2 is 1.86 bits per heavy atom. The van der Waals surface area contributed by atoms with E-state index in [9.17, 15) is 9.59 Å². The quantitative estimate of drug-likeness (QED) is 0.413. The molecule has 9 nitrogen and oxygen atoms in total. The van der Waals surface area contributed by atoms with Gasteiger partial charge in [-0.1, -0.05) is 73.6 Å². The molecular formula is C27H30N6O3S. The van der Waals surface area contributed by atoms with E-state index in [1.807, 2.05) is 48.2 Å². The lowest BCUT2D eigenvalue weighted by Gasteiger charge is -2.27. The number of amides is 1. The van der Waals surface area contributed by atoms with E-state index in [-0.39, 0.29) is 23.0 Å². The summed E-state index contributed by atoms with van der Waals surface area (Å²) in [5.41, 5.74) is 3.96. The van der Waals surface area contributed by atoms with Crippen LogP contribution in [0.15, 0.2) is 53.5 Å². The number of nitrogens with one attached hydrogen (secondary N) is 1. The highest BCUT2D eigenvalue weighted by molar-refractivity contribution is 8.14. The topological polar surface area (TPSA) is 113 Å². The zero-order chi connectivity index (χ0) is 25.8. The number of rotatable bonds is 9. The van der Waals surface area contributed by atoms with Gasteiger partial charge in [-0.3, -0.25) is 4.79 Å². The molecule has 1 amide bonds. The first kappa shape index (κ1) is 25.1. The highest BCUT2D eigenvalue weighted by atomic mass is 32.2. The number of carbonyl (C=O) groups excluding carboxylic acids is 2. The summed E-state index contributed by atoms with van der Waals surface area (Å²) in [5.74, 6) is 0.291. The third-order valence-corrected chi connectivity index (χ3v) is 7.90. The van der Waals surface area contributed by atoms with Crippen molar-refractivity contribution < 1.29 is 14.3 Å². The third kappa shape index (κ3) is 5.58. The molecule has 0 radical (unpaired) electrons. The molecule has 37 heavy (non-hydrogen) atoms. The number of ether oxygens (including phenoxy) is 1. The molecule has 2 heterocycles. The molecule has 2 aliphatic rings. The van der Waals surface area contributed by atoms with Gasteiger partial charge in [-0.15, -0.1) is 5.10 Å². The minimum Gasteiger partial charge on any atom is -0.464 e. The molecule has 1 N–H and O–H groups in total. The van der Waals surface area contributed by atoms with Crippen molar-refractivity contribution in [1.82, 2.24) is 25.5 Å². The molecule has 1 saturated carbocycles. The molecule has 2 unspecified atom stereocenters. The molecule has 10 heteroatoms. The lowest BCUT2D eigenvalue weighted by atomic mass is 9.98. The SMILES string of the molecule is CCCC1SC(=NC(=O)C2CC2)N(Cc2ccc(-c3ccccc3-c3nnn[nH]3)cc2)C1C(=O)OCC. The Kier molecular flexibility index (Phi) is 7.64. The maximum Gasteiger partial charge on any atom is 0.330 e. The molecule has 3 aromatic rings. The van der Waals surface area contributed by atoms with Crippen LogP contribution in [0.25, 0.3) is 22.5 Å². The summed E-state index contributed by atoms with van der Waals surface area (Å²) >= 11 is 1.53. The second-order valence-electron chi connectivity index (χ2n) is 9.27. The maximum absolute atomic E-state index is 13.1. The number of H-pyrrole nitrogens is 1. The van der Waals surface area contributed by atoms with Gasteiger partial charge in [0, 0.05) is 23.3 Å². The molecule has 2 atom stereocenters. The van der Waals surface area contributed by atoms with Crippen LogP contribution < -0.4 is 0 Å². The van der Waals surface area contributed by atoms with Gasteiger partial charge in [0.2, 0.25) is 0 Å². The van der Waals surface area contributed by atoms with Crippen molar-refractivity contribution in [3.05, 3.63) is 54.1 Å². The first-order valence-corrected chi connectivity index (χ1v) is 13.6. The average Bonchev–Trinajstić information content (AvgIpc) is 3.52. The lowest BCUT2D eigenvalue weighted by Crippen LogP contribution is -2.44. The van der Waals surface area contributed by atoms with Gasteiger partial charge in [-0.05, 0) is 53.3 Å². The fourth-order valence-corrected chi connectivity index (χ4v) is 6.04. The number of amidine groups is 1. The van der Waals surface area contributed by atoms with Gasteiger partial charge < -0.3 is 9.64 Å². The largest absolute Gasteiger partial charge is 0.464 e. The minimum absolute atomic E-state index is 0.00327. The molecule has 1 aliphatic heterocycles. The fourth-order valence-electron chi connectivity index (χ4n) is 4.57. The van der Waals surface area contributed by atoms with Crippen LogP contribution in [-0.4, -0.2) is 60.5 Å². The molecule has 1 aromatic heterocycles. The first-order valence-electron chi connectivity index (χ1n) is 12.7. The predicted molar refractivity (Wildman–Crippen MR) is 142 cm³/mol. The number of aromatic nitrogens is 4. The Morgan fingerprint density at radius 3 is 2.51 bits per heavy atom. The highest BCUT2D eigenvalue weighted by Gasteiger charge is 2.45. The van der Waals surface area contributed by atoms with Crippen LogP contribution in [-0.2, 0) is 20.9 Å². The summed E-state index contributed by atoms with van der Waals surface area (Å²) in [5, 5.41) is 14.9. The van der Waals surface area contributed by atoms with E-state index in [1.165, 1.54) is 11.8 Å². The Hall–Kier alpha value is -3.53. The Labute approximate surface area is 220 Å². The monoisotopic (exact) mass is 518 g/mol. The summed E-state index contributed by atoms with van der Waals surface area (Å²) in [7, 11) is 0. The average molecular weight is 519 g/mol. The molecule has 0 bridgehead atoms. The number of hydrogen-bond acceptors (Lipinski definition) is 7. The van der Waals surface area contributed by atoms with Gasteiger partial charge >= 0.3 is 5.97 Å². The minimum atomic E-state index is -0.477. The van der Waals surface area contributed by atoms with Crippen LogP contribution in [0.5, 0.6) is 0 Å². The van der Waals surface area contributed by atoms with Crippen LogP contribution in [0.4, 0.5) is 0 Å². The molecular weight excluding hydrogens is 488 g/mol. The van der Waals surface area contributed by atoms with Crippen molar-refractivity contribution >= 4 is 28.8 Å². The van der Waals surface area contributed by atoms with Crippen molar-refractivity contribution in [3.63, 3.8) is 0 Å². The number of carbonyl (C=O) groups is 2. The van der Waals surface area contributed by atoms with Crippen molar-refractivity contribution in [2.75, 3.05) is 6.61 Å². The lowest BCUT2D eigenvalue weighted by molar-refractivity contribution is -0.148. The molecule has 1 aliphatic carbocycles. The summed E-state index contributed by atoms with van der Waals surface area (Å²) in [6.07, 6.45) is 3.56. The highest BCUT2D eigenvalue weighted by Crippen LogP contribution is 2.38. The van der Waals surface area contributed by atoms with Gasteiger partial charge in [-0.25, -0.2) is 9.89 Å². The molecule has 1 saturated heterocycles. The summed E-state index contributed by atoms with van der Waals surface area (Å²) in [6, 6.07) is 15.7. The number of aliphatic imine (C=N–C) groups is 1. The van der Waals surface area contributed by atoms with Crippen LogP contribution >= 0.6 is 11.8 Å². The number of aromatic amines is 1. The molecule has 192 valence electrons. The predicted octanol–water partition coefficient (Wildman–Crippen LogP) is 4.48. The van der Waals surface area contributed by atoms with E-state index in [4.69, 9.17) is 4.74 Å². The second-order valence-corrected chi connectivity index (χ2v) is 10.5. The molecule has 5 rings (SSSR count). The van der Waals surface area contributed by atoms with E-state index in [1.54, 1.807) is 0 Å². The second kappa shape index (κ2) is 11.2.